The molecule has 5 heteroatoms. The predicted molar refractivity (Wildman–Crippen MR) is 107 cm³/mol. The standard InChI is InChI=1S/C21H32N2O2.ClH/c22-16-21(11-5-2-6-12-21)14-19(24)23-15-18-10-7-13-25-20(18)17-8-3-1-4-9-17;/h1,3-4,8-9,18,20H,2,5-7,10-16,22H2,(H,23,24);1H. The summed E-state index contributed by atoms with van der Waals surface area (Å²) in [5.41, 5.74) is 7.27. The van der Waals surface area contributed by atoms with Crippen LogP contribution in [0.25, 0.3) is 0 Å². The molecule has 1 aliphatic heterocycles. The Hall–Kier alpha value is -1.10. The van der Waals surface area contributed by atoms with Gasteiger partial charge in [0.2, 0.25) is 5.91 Å². The molecular weight excluding hydrogens is 348 g/mol. The lowest BCUT2D eigenvalue weighted by molar-refractivity contribution is -0.124. The molecule has 26 heavy (non-hydrogen) atoms. The first-order chi connectivity index (χ1) is 12.2. The second kappa shape index (κ2) is 10.3. The number of rotatable bonds is 6. The van der Waals surface area contributed by atoms with E-state index >= 15 is 0 Å². The molecule has 3 N–H and O–H groups in total. The van der Waals surface area contributed by atoms with Gasteiger partial charge in [-0.25, -0.2) is 0 Å². The van der Waals surface area contributed by atoms with Crippen molar-refractivity contribution in [1.82, 2.24) is 5.32 Å². The zero-order chi connectivity index (χ0) is 17.5. The highest BCUT2D eigenvalue weighted by Gasteiger charge is 2.33. The maximum Gasteiger partial charge on any atom is 0.220 e. The lowest BCUT2D eigenvalue weighted by Crippen LogP contribution is -2.41. The van der Waals surface area contributed by atoms with Crippen LogP contribution in [0.4, 0.5) is 0 Å². The van der Waals surface area contributed by atoms with Crippen LogP contribution >= 0.6 is 12.4 Å². The normalized spacial score (nSPS) is 25.1. The van der Waals surface area contributed by atoms with E-state index < -0.39 is 0 Å². The van der Waals surface area contributed by atoms with Gasteiger partial charge in [-0.3, -0.25) is 4.79 Å². The van der Waals surface area contributed by atoms with Gasteiger partial charge in [-0.2, -0.15) is 0 Å². The molecule has 146 valence electrons. The average molecular weight is 381 g/mol. The summed E-state index contributed by atoms with van der Waals surface area (Å²) in [5, 5.41) is 3.18. The number of nitrogens with one attached hydrogen (secondary N) is 1. The zero-order valence-electron chi connectivity index (χ0n) is 15.6. The smallest absolute Gasteiger partial charge is 0.220 e. The van der Waals surface area contributed by atoms with Crippen molar-refractivity contribution in [2.45, 2.75) is 57.5 Å². The van der Waals surface area contributed by atoms with Crippen LogP contribution in [-0.4, -0.2) is 25.6 Å². The van der Waals surface area contributed by atoms with Crippen LogP contribution in [0, 0.1) is 11.3 Å². The molecule has 1 amide bonds. The fraction of sp³-hybridized carbons (Fsp3) is 0.667. The topological polar surface area (TPSA) is 64.4 Å². The summed E-state index contributed by atoms with van der Waals surface area (Å²) in [6, 6.07) is 10.4. The van der Waals surface area contributed by atoms with Gasteiger partial charge in [0, 0.05) is 25.5 Å². The Morgan fingerprint density at radius 2 is 1.88 bits per heavy atom. The fourth-order valence-corrected chi connectivity index (χ4v) is 4.47. The Labute approximate surface area is 163 Å². The molecule has 0 aromatic heterocycles. The number of carbonyl (C=O) groups is 1. The van der Waals surface area contributed by atoms with E-state index in [1.807, 2.05) is 6.07 Å². The van der Waals surface area contributed by atoms with Crippen molar-refractivity contribution >= 4 is 18.3 Å². The molecule has 1 aliphatic carbocycles. The second-order valence-corrected chi connectivity index (χ2v) is 7.85. The number of ether oxygens (including phenoxy) is 1. The molecule has 2 fully saturated rings. The van der Waals surface area contributed by atoms with Crippen LogP contribution in [0.1, 0.15) is 63.0 Å². The van der Waals surface area contributed by atoms with E-state index in [2.05, 4.69) is 29.6 Å². The summed E-state index contributed by atoms with van der Waals surface area (Å²) in [6.07, 6.45) is 8.71. The van der Waals surface area contributed by atoms with E-state index in [0.717, 1.165) is 32.3 Å². The lowest BCUT2D eigenvalue weighted by Gasteiger charge is -2.36. The van der Waals surface area contributed by atoms with Gasteiger partial charge in [0.15, 0.2) is 0 Å². The Kier molecular flexibility index (Phi) is 8.39. The minimum atomic E-state index is 0. The van der Waals surface area contributed by atoms with E-state index in [9.17, 15) is 4.79 Å². The maximum absolute atomic E-state index is 12.6. The van der Waals surface area contributed by atoms with Gasteiger partial charge in [0.1, 0.15) is 0 Å². The van der Waals surface area contributed by atoms with Crippen molar-refractivity contribution in [3.63, 3.8) is 0 Å². The highest BCUT2D eigenvalue weighted by atomic mass is 35.5. The first-order valence-electron chi connectivity index (χ1n) is 9.86. The molecule has 2 atom stereocenters. The van der Waals surface area contributed by atoms with Gasteiger partial charge in [0.25, 0.3) is 0 Å². The highest BCUT2D eigenvalue weighted by Crippen LogP contribution is 2.38. The van der Waals surface area contributed by atoms with Crippen LogP contribution in [0.2, 0.25) is 0 Å². The van der Waals surface area contributed by atoms with E-state index in [0.29, 0.717) is 25.4 Å². The zero-order valence-corrected chi connectivity index (χ0v) is 16.4. The first kappa shape index (κ1) is 21.2. The molecule has 0 spiro atoms. The number of hydrogen-bond acceptors (Lipinski definition) is 3. The van der Waals surface area contributed by atoms with Gasteiger partial charge in [-0.05, 0) is 43.2 Å². The third-order valence-corrected chi connectivity index (χ3v) is 6.02. The van der Waals surface area contributed by atoms with Crippen LogP contribution in [0.3, 0.4) is 0 Å². The molecule has 0 radical (unpaired) electrons. The SMILES string of the molecule is Cl.NCC1(CC(=O)NCC2CCCOC2c2ccccc2)CCCCC1. The molecule has 1 heterocycles. The van der Waals surface area contributed by atoms with Crippen molar-refractivity contribution in [2.24, 2.45) is 17.1 Å². The summed E-state index contributed by atoms with van der Waals surface area (Å²) in [7, 11) is 0. The lowest BCUT2D eigenvalue weighted by atomic mass is 9.71. The summed E-state index contributed by atoms with van der Waals surface area (Å²) in [6.45, 7) is 2.12. The number of amides is 1. The van der Waals surface area contributed by atoms with Crippen LogP contribution in [0.5, 0.6) is 0 Å². The van der Waals surface area contributed by atoms with Gasteiger partial charge in [-0.1, -0.05) is 49.6 Å². The van der Waals surface area contributed by atoms with Crippen LogP contribution in [0.15, 0.2) is 30.3 Å². The van der Waals surface area contributed by atoms with E-state index in [1.54, 1.807) is 0 Å². The van der Waals surface area contributed by atoms with Crippen molar-refractivity contribution < 1.29 is 9.53 Å². The Bertz CT molecular complexity index is 546. The minimum Gasteiger partial charge on any atom is -0.373 e. The van der Waals surface area contributed by atoms with Crippen molar-refractivity contribution in [3.05, 3.63) is 35.9 Å². The Morgan fingerprint density at radius 3 is 2.58 bits per heavy atom. The summed E-state index contributed by atoms with van der Waals surface area (Å²) in [5.74, 6) is 0.505. The van der Waals surface area contributed by atoms with E-state index in [1.165, 1.54) is 24.8 Å². The molecule has 1 saturated heterocycles. The monoisotopic (exact) mass is 380 g/mol. The number of halogens is 1. The van der Waals surface area contributed by atoms with Crippen LogP contribution in [-0.2, 0) is 9.53 Å². The maximum atomic E-state index is 12.6. The van der Waals surface area contributed by atoms with E-state index in [4.69, 9.17) is 10.5 Å². The number of benzene rings is 1. The minimum absolute atomic E-state index is 0. The second-order valence-electron chi connectivity index (χ2n) is 7.85. The first-order valence-corrected chi connectivity index (χ1v) is 9.86. The predicted octanol–water partition coefficient (Wildman–Crippen LogP) is 3.99. The van der Waals surface area contributed by atoms with Gasteiger partial charge in [0.05, 0.1) is 6.10 Å². The third kappa shape index (κ3) is 5.45. The van der Waals surface area contributed by atoms with Crippen molar-refractivity contribution in [2.75, 3.05) is 19.7 Å². The Balaban J connectivity index is 0.00000243. The molecule has 1 aromatic carbocycles. The summed E-state index contributed by atoms with van der Waals surface area (Å²) >= 11 is 0. The highest BCUT2D eigenvalue weighted by molar-refractivity contribution is 5.85. The molecule has 1 saturated carbocycles. The molecule has 3 rings (SSSR count). The summed E-state index contributed by atoms with van der Waals surface area (Å²) < 4.78 is 6.03. The molecule has 1 aromatic rings. The Morgan fingerprint density at radius 1 is 1.15 bits per heavy atom. The molecule has 0 bridgehead atoms. The van der Waals surface area contributed by atoms with Crippen molar-refractivity contribution in [1.29, 1.82) is 0 Å². The van der Waals surface area contributed by atoms with Crippen LogP contribution < -0.4 is 11.1 Å². The van der Waals surface area contributed by atoms with E-state index in [-0.39, 0.29) is 29.8 Å². The quantitative estimate of drug-likeness (QED) is 0.784. The molecular formula is C21H33ClN2O2. The molecule has 4 nitrogen and oxygen atoms in total. The largest absolute Gasteiger partial charge is 0.373 e. The number of hydrogen-bond donors (Lipinski definition) is 2. The van der Waals surface area contributed by atoms with Gasteiger partial charge >= 0.3 is 0 Å². The molecule has 2 aliphatic rings. The average Bonchev–Trinajstić information content (AvgIpc) is 2.68. The number of carbonyl (C=O) groups excluding carboxylic acids is 1. The fourth-order valence-electron chi connectivity index (χ4n) is 4.47. The number of nitrogens with two attached hydrogens (primary N) is 1. The molecule has 2 unspecified atom stereocenters. The van der Waals surface area contributed by atoms with Gasteiger partial charge < -0.3 is 15.8 Å². The van der Waals surface area contributed by atoms with Gasteiger partial charge in [-0.15, -0.1) is 12.4 Å². The third-order valence-electron chi connectivity index (χ3n) is 6.02. The van der Waals surface area contributed by atoms with Crippen molar-refractivity contribution in [3.8, 4) is 0 Å². The summed E-state index contributed by atoms with van der Waals surface area (Å²) in [4.78, 5) is 12.6.